The number of aliphatic carboxylic acids is 1. The molecule has 6 nitrogen and oxygen atoms in total. The lowest BCUT2D eigenvalue weighted by Gasteiger charge is -2.42. The SMILES string of the molecule is Cc1nn(-c2ccc(C(=O)NCC3(C4CC4)CCC3)cc2)c(C)c1CCC(=O)O. The molecular formula is C23H29N3O3. The molecule has 2 aliphatic carbocycles. The molecule has 2 fully saturated rings. The van der Waals surface area contributed by atoms with Crippen LogP contribution in [-0.2, 0) is 11.2 Å². The van der Waals surface area contributed by atoms with Gasteiger partial charge >= 0.3 is 5.97 Å². The third-order valence-corrected chi connectivity index (χ3v) is 6.80. The van der Waals surface area contributed by atoms with E-state index in [2.05, 4.69) is 10.4 Å². The van der Waals surface area contributed by atoms with Crippen LogP contribution in [0.4, 0.5) is 0 Å². The standard InChI is InChI=1S/C23H29N3O3/c1-15-20(10-11-21(27)28)16(2)26(25-15)19-8-4-17(5-9-19)22(29)24-14-23(12-3-13-23)18-6-7-18/h4-5,8-9,18H,3,6-7,10-14H2,1-2H3,(H,24,29)(H,27,28). The first-order chi connectivity index (χ1) is 13.9. The smallest absolute Gasteiger partial charge is 0.303 e. The Morgan fingerprint density at radius 3 is 2.45 bits per heavy atom. The molecule has 0 saturated heterocycles. The zero-order chi connectivity index (χ0) is 20.6. The van der Waals surface area contributed by atoms with Crippen LogP contribution < -0.4 is 5.32 Å². The average Bonchev–Trinajstić information content (AvgIpc) is 3.46. The summed E-state index contributed by atoms with van der Waals surface area (Å²) in [5.74, 6) is -0.00319. The second kappa shape index (κ2) is 7.65. The van der Waals surface area contributed by atoms with Crippen molar-refractivity contribution in [1.82, 2.24) is 15.1 Å². The van der Waals surface area contributed by atoms with Gasteiger partial charge in [0, 0.05) is 24.2 Å². The van der Waals surface area contributed by atoms with Crippen LogP contribution in [0.25, 0.3) is 5.69 Å². The molecule has 1 aromatic heterocycles. The van der Waals surface area contributed by atoms with Gasteiger partial charge in [0.1, 0.15) is 0 Å². The zero-order valence-corrected chi connectivity index (χ0v) is 17.2. The van der Waals surface area contributed by atoms with Crippen LogP contribution in [0.1, 0.15) is 65.8 Å². The molecule has 0 spiro atoms. The highest BCUT2D eigenvalue weighted by Gasteiger charge is 2.48. The maximum absolute atomic E-state index is 12.6. The normalized spacial score (nSPS) is 17.6. The Hall–Kier alpha value is -2.63. The van der Waals surface area contributed by atoms with E-state index < -0.39 is 5.97 Å². The van der Waals surface area contributed by atoms with Crippen LogP contribution in [-0.4, -0.2) is 33.3 Å². The van der Waals surface area contributed by atoms with Crippen LogP contribution in [0.5, 0.6) is 0 Å². The molecule has 1 amide bonds. The minimum absolute atomic E-state index is 0.0148. The van der Waals surface area contributed by atoms with Gasteiger partial charge in [-0.05, 0) is 87.1 Å². The Morgan fingerprint density at radius 2 is 1.90 bits per heavy atom. The summed E-state index contributed by atoms with van der Waals surface area (Å²) in [4.78, 5) is 23.5. The number of carbonyl (C=O) groups excluding carboxylic acids is 1. The monoisotopic (exact) mass is 395 g/mol. The van der Waals surface area contributed by atoms with E-state index in [-0.39, 0.29) is 12.3 Å². The van der Waals surface area contributed by atoms with Crippen LogP contribution >= 0.6 is 0 Å². The number of carbonyl (C=O) groups is 2. The number of nitrogens with one attached hydrogen (secondary N) is 1. The summed E-state index contributed by atoms with van der Waals surface area (Å²) in [5.41, 5.74) is 4.66. The van der Waals surface area contributed by atoms with E-state index in [1.165, 1.54) is 32.1 Å². The van der Waals surface area contributed by atoms with Crippen molar-refractivity contribution < 1.29 is 14.7 Å². The van der Waals surface area contributed by atoms with Gasteiger partial charge in [-0.25, -0.2) is 4.68 Å². The highest BCUT2D eigenvalue weighted by molar-refractivity contribution is 5.94. The lowest BCUT2D eigenvalue weighted by molar-refractivity contribution is -0.136. The van der Waals surface area contributed by atoms with Crippen molar-refractivity contribution in [3.8, 4) is 5.69 Å². The molecule has 154 valence electrons. The first-order valence-corrected chi connectivity index (χ1v) is 10.6. The van der Waals surface area contributed by atoms with Gasteiger partial charge in [-0.1, -0.05) is 6.42 Å². The summed E-state index contributed by atoms with van der Waals surface area (Å²) in [6.45, 7) is 4.65. The van der Waals surface area contributed by atoms with Crippen LogP contribution in [0.15, 0.2) is 24.3 Å². The minimum atomic E-state index is -0.808. The number of hydrogen-bond acceptors (Lipinski definition) is 3. The third-order valence-electron chi connectivity index (χ3n) is 6.80. The second-order valence-electron chi connectivity index (χ2n) is 8.67. The maximum atomic E-state index is 12.6. The summed E-state index contributed by atoms with van der Waals surface area (Å²) < 4.78 is 1.82. The lowest BCUT2D eigenvalue weighted by Crippen LogP contribution is -2.43. The van der Waals surface area contributed by atoms with Gasteiger partial charge < -0.3 is 10.4 Å². The quantitative estimate of drug-likeness (QED) is 0.712. The Labute approximate surface area is 171 Å². The topological polar surface area (TPSA) is 84.2 Å². The van der Waals surface area contributed by atoms with E-state index in [1.54, 1.807) is 0 Å². The van der Waals surface area contributed by atoms with Crippen LogP contribution in [0, 0.1) is 25.2 Å². The molecule has 1 heterocycles. The van der Waals surface area contributed by atoms with E-state index in [0.29, 0.717) is 17.4 Å². The first-order valence-electron chi connectivity index (χ1n) is 10.6. The number of rotatable bonds is 8. The zero-order valence-electron chi connectivity index (χ0n) is 17.2. The van der Waals surface area contributed by atoms with E-state index >= 15 is 0 Å². The lowest BCUT2D eigenvalue weighted by atomic mass is 9.65. The van der Waals surface area contributed by atoms with Crippen molar-refractivity contribution >= 4 is 11.9 Å². The Morgan fingerprint density at radius 1 is 1.21 bits per heavy atom. The number of aromatic nitrogens is 2. The van der Waals surface area contributed by atoms with Gasteiger partial charge in [0.25, 0.3) is 5.91 Å². The fourth-order valence-corrected chi connectivity index (χ4v) is 4.69. The molecule has 29 heavy (non-hydrogen) atoms. The molecule has 0 radical (unpaired) electrons. The number of nitrogens with zero attached hydrogens (tertiary/aromatic N) is 2. The van der Waals surface area contributed by atoms with Crippen molar-refractivity contribution in [2.45, 2.75) is 58.8 Å². The number of carboxylic acid groups (broad SMARTS) is 1. The predicted molar refractivity (Wildman–Crippen MR) is 110 cm³/mol. The molecular weight excluding hydrogens is 366 g/mol. The Balaban J connectivity index is 1.43. The van der Waals surface area contributed by atoms with Gasteiger partial charge in [-0.2, -0.15) is 5.10 Å². The third kappa shape index (κ3) is 3.93. The molecule has 0 bridgehead atoms. The molecule has 2 N–H and O–H groups in total. The summed E-state index contributed by atoms with van der Waals surface area (Å²) in [6, 6.07) is 7.47. The van der Waals surface area contributed by atoms with Gasteiger partial charge in [-0.15, -0.1) is 0 Å². The van der Waals surface area contributed by atoms with Gasteiger partial charge in [0.2, 0.25) is 0 Å². The Kier molecular flexibility index (Phi) is 5.19. The molecule has 6 heteroatoms. The van der Waals surface area contributed by atoms with Crippen molar-refractivity contribution in [2.24, 2.45) is 11.3 Å². The second-order valence-corrected chi connectivity index (χ2v) is 8.67. The van der Waals surface area contributed by atoms with Gasteiger partial charge in [0.05, 0.1) is 11.4 Å². The van der Waals surface area contributed by atoms with Gasteiger partial charge in [-0.3, -0.25) is 9.59 Å². The number of benzene rings is 1. The molecule has 4 rings (SSSR count). The molecule has 1 aromatic carbocycles. The summed E-state index contributed by atoms with van der Waals surface area (Å²) in [5, 5.41) is 16.7. The molecule has 0 unspecified atom stereocenters. The fourth-order valence-electron chi connectivity index (χ4n) is 4.69. The fraction of sp³-hybridized carbons (Fsp3) is 0.522. The Bertz CT molecular complexity index is 922. The van der Waals surface area contributed by atoms with Gasteiger partial charge in [0.15, 0.2) is 0 Å². The predicted octanol–water partition coefficient (Wildman–Crippen LogP) is 3.82. The molecule has 0 atom stereocenters. The summed E-state index contributed by atoms with van der Waals surface area (Å²) in [6.07, 6.45) is 6.99. The van der Waals surface area contributed by atoms with E-state index in [1.807, 2.05) is 42.8 Å². The molecule has 2 aromatic rings. The van der Waals surface area contributed by atoms with Crippen LogP contribution in [0.3, 0.4) is 0 Å². The van der Waals surface area contributed by atoms with E-state index in [4.69, 9.17) is 5.11 Å². The minimum Gasteiger partial charge on any atom is -0.481 e. The van der Waals surface area contributed by atoms with Crippen molar-refractivity contribution in [2.75, 3.05) is 6.54 Å². The maximum Gasteiger partial charge on any atom is 0.303 e. The van der Waals surface area contributed by atoms with Crippen molar-refractivity contribution in [3.05, 3.63) is 46.8 Å². The highest BCUT2D eigenvalue weighted by Crippen LogP contribution is 2.56. The molecule has 2 aliphatic rings. The molecule has 2 saturated carbocycles. The van der Waals surface area contributed by atoms with E-state index in [0.717, 1.165) is 35.1 Å². The largest absolute Gasteiger partial charge is 0.481 e. The highest BCUT2D eigenvalue weighted by atomic mass is 16.4. The van der Waals surface area contributed by atoms with Crippen molar-refractivity contribution in [1.29, 1.82) is 0 Å². The summed E-state index contributed by atoms with van der Waals surface area (Å²) >= 11 is 0. The van der Waals surface area contributed by atoms with E-state index in [9.17, 15) is 9.59 Å². The number of aryl methyl sites for hydroxylation is 1. The number of amides is 1. The first kappa shape index (κ1) is 19.7. The van der Waals surface area contributed by atoms with Crippen LogP contribution in [0.2, 0.25) is 0 Å². The molecule has 0 aliphatic heterocycles. The number of hydrogen-bond donors (Lipinski definition) is 2. The average molecular weight is 396 g/mol. The number of carboxylic acids is 1. The summed E-state index contributed by atoms with van der Waals surface area (Å²) in [7, 11) is 0. The van der Waals surface area contributed by atoms with Crippen molar-refractivity contribution in [3.63, 3.8) is 0 Å².